The highest BCUT2D eigenvalue weighted by molar-refractivity contribution is 9.10. The smallest absolute Gasteiger partial charge is 0.310 e. The highest BCUT2D eigenvalue weighted by Gasteiger charge is 2.10. The van der Waals surface area contributed by atoms with Crippen LogP contribution in [0.15, 0.2) is 16.6 Å². The van der Waals surface area contributed by atoms with E-state index in [0.717, 1.165) is 20.9 Å². The van der Waals surface area contributed by atoms with Crippen molar-refractivity contribution in [1.29, 1.82) is 0 Å². The Bertz CT molecular complexity index is 352. The molecule has 0 bridgehead atoms. The molecule has 15 heavy (non-hydrogen) atoms. The molecule has 0 aliphatic heterocycles. The Balaban J connectivity index is 3.03. The van der Waals surface area contributed by atoms with Crippen LogP contribution in [-0.4, -0.2) is 13.1 Å². The Labute approximate surface area is 106 Å². The lowest BCUT2D eigenvalue weighted by Gasteiger charge is -2.09. The summed E-state index contributed by atoms with van der Waals surface area (Å²) < 4.78 is 5.61. The first-order chi connectivity index (χ1) is 7.08. The largest absolute Gasteiger partial charge is 0.469 e. The summed E-state index contributed by atoms with van der Waals surface area (Å²) in [7, 11) is 1.40. The Morgan fingerprint density at radius 2 is 2.13 bits per heavy atom. The van der Waals surface area contributed by atoms with Gasteiger partial charge in [-0.15, -0.1) is 0 Å². The Morgan fingerprint density at radius 1 is 1.47 bits per heavy atom. The van der Waals surface area contributed by atoms with Gasteiger partial charge in [0.25, 0.3) is 0 Å². The summed E-state index contributed by atoms with van der Waals surface area (Å²) in [6.45, 7) is 2.00. The number of carbonyl (C=O) groups is 1. The minimum Gasteiger partial charge on any atom is -0.469 e. The zero-order valence-corrected chi connectivity index (χ0v) is 11.8. The van der Waals surface area contributed by atoms with Crippen LogP contribution in [0.5, 0.6) is 0 Å². The van der Waals surface area contributed by atoms with Gasteiger partial charge in [0.2, 0.25) is 0 Å². The average molecular weight is 336 g/mol. The molecule has 0 heterocycles. The van der Waals surface area contributed by atoms with E-state index in [1.807, 2.05) is 13.0 Å². The minimum atomic E-state index is -0.217. The molecule has 4 heteroatoms. The minimum absolute atomic E-state index is 0.217. The molecular formula is C11H12Br2O2. The van der Waals surface area contributed by atoms with E-state index in [4.69, 9.17) is 0 Å². The van der Waals surface area contributed by atoms with Gasteiger partial charge in [-0.25, -0.2) is 0 Å². The van der Waals surface area contributed by atoms with Crippen LogP contribution in [0.3, 0.4) is 0 Å². The van der Waals surface area contributed by atoms with Crippen LogP contribution in [0.25, 0.3) is 0 Å². The molecule has 0 radical (unpaired) electrons. The van der Waals surface area contributed by atoms with Crippen molar-refractivity contribution in [3.8, 4) is 0 Å². The second-order valence-corrected chi connectivity index (χ2v) is 4.67. The quantitative estimate of drug-likeness (QED) is 0.625. The van der Waals surface area contributed by atoms with Crippen LogP contribution in [0.4, 0.5) is 0 Å². The first-order valence-corrected chi connectivity index (χ1v) is 6.40. The topological polar surface area (TPSA) is 26.3 Å². The summed E-state index contributed by atoms with van der Waals surface area (Å²) in [5, 5.41) is 0.810. The molecule has 0 aliphatic rings. The van der Waals surface area contributed by atoms with Gasteiger partial charge in [-0.2, -0.15) is 0 Å². The highest BCUT2D eigenvalue weighted by Crippen LogP contribution is 2.24. The van der Waals surface area contributed by atoms with E-state index >= 15 is 0 Å². The number of aryl methyl sites for hydroxylation is 1. The lowest BCUT2D eigenvalue weighted by molar-refractivity contribution is -0.139. The standard InChI is InChI=1S/C11H12Br2O2/c1-7-3-8(6-12)4-10(13)9(7)5-11(14)15-2/h3-4H,5-6H2,1-2H3. The van der Waals surface area contributed by atoms with Crippen LogP contribution in [-0.2, 0) is 21.3 Å². The van der Waals surface area contributed by atoms with E-state index < -0.39 is 0 Å². The predicted octanol–water partition coefficient (Wildman–Crippen LogP) is 3.37. The fourth-order valence-corrected chi connectivity index (χ4v) is 2.43. The summed E-state index contributed by atoms with van der Waals surface area (Å²) in [5.74, 6) is -0.217. The van der Waals surface area contributed by atoms with Gasteiger partial charge in [-0.05, 0) is 29.7 Å². The van der Waals surface area contributed by atoms with Crippen molar-refractivity contribution >= 4 is 37.8 Å². The van der Waals surface area contributed by atoms with Crippen molar-refractivity contribution in [2.24, 2.45) is 0 Å². The molecule has 0 amide bonds. The molecule has 0 saturated carbocycles. The van der Waals surface area contributed by atoms with Crippen molar-refractivity contribution in [3.63, 3.8) is 0 Å². The number of carbonyl (C=O) groups excluding carboxylic acids is 1. The number of hydrogen-bond donors (Lipinski definition) is 0. The van der Waals surface area contributed by atoms with Crippen LogP contribution in [0.2, 0.25) is 0 Å². The van der Waals surface area contributed by atoms with Crippen LogP contribution in [0.1, 0.15) is 16.7 Å². The van der Waals surface area contributed by atoms with Crippen LogP contribution in [0, 0.1) is 6.92 Å². The zero-order valence-electron chi connectivity index (χ0n) is 8.64. The molecule has 0 atom stereocenters. The van der Waals surface area contributed by atoms with Crippen molar-refractivity contribution in [3.05, 3.63) is 33.3 Å². The maximum atomic E-state index is 11.2. The molecular weight excluding hydrogens is 324 g/mol. The maximum Gasteiger partial charge on any atom is 0.310 e. The molecule has 82 valence electrons. The van der Waals surface area contributed by atoms with E-state index in [1.54, 1.807) is 0 Å². The number of methoxy groups -OCH3 is 1. The second kappa shape index (κ2) is 5.66. The third kappa shape index (κ3) is 3.31. The molecule has 1 aromatic carbocycles. The number of esters is 1. The van der Waals surface area contributed by atoms with Gasteiger partial charge in [0, 0.05) is 9.80 Å². The zero-order chi connectivity index (χ0) is 11.4. The average Bonchev–Trinajstić information content (AvgIpc) is 2.22. The Kier molecular flexibility index (Phi) is 4.80. The van der Waals surface area contributed by atoms with Gasteiger partial charge in [-0.1, -0.05) is 37.9 Å². The number of rotatable bonds is 3. The van der Waals surface area contributed by atoms with Crippen molar-refractivity contribution in [1.82, 2.24) is 0 Å². The number of benzene rings is 1. The fraction of sp³-hybridized carbons (Fsp3) is 0.364. The number of halogens is 2. The van der Waals surface area contributed by atoms with E-state index in [-0.39, 0.29) is 5.97 Å². The highest BCUT2D eigenvalue weighted by atomic mass is 79.9. The first kappa shape index (κ1) is 12.7. The Hall–Kier alpha value is -0.350. The molecule has 1 aromatic rings. The Morgan fingerprint density at radius 3 is 2.60 bits per heavy atom. The summed E-state index contributed by atoms with van der Waals surface area (Å²) in [4.78, 5) is 11.2. The number of ether oxygens (including phenoxy) is 1. The first-order valence-electron chi connectivity index (χ1n) is 4.49. The second-order valence-electron chi connectivity index (χ2n) is 3.26. The summed E-state index contributed by atoms with van der Waals surface area (Å²) in [6.07, 6.45) is 0.311. The van der Waals surface area contributed by atoms with Crippen LogP contribution < -0.4 is 0 Å². The van der Waals surface area contributed by atoms with Crippen molar-refractivity contribution in [2.75, 3.05) is 7.11 Å². The monoisotopic (exact) mass is 334 g/mol. The van der Waals surface area contributed by atoms with Gasteiger partial charge in [0.05, 0.1) is 13.5 Å². The van der Waals surface area contributed by atoms with Gasteiger partial charge in [0.1, 0.15) is 0 Å². The lowest BCUT2D eigenvalue weighted by Crippen LogP contribution is -2.06. The SMILES string of the molecule is COC(=O)Cc1c(C)cc(CBr)cc1Br. The van der Waals surface area contributed by atoms with E-state index in [9.17, 15) is 4.79 Å². The predicted molar refractivity (Wildman–Crippen MR) is 67.2 cm³/mol. The molecule has 0 aliphatic carbocycles. The number of alkyl halides is 1. The molecule has 0 aromatic heterocycles. The van der Waals surface area contributed by atoms with Crippen molar-refractivity contribution < 1.29 is 9.53 Å². The normalized spacial score (nSPS) is 10.1. The lowest BCUT2D eigenvalue weighted by atomic mass is 10.0. The molecule has 0 saturated heterocycles. The van der Waals surface area contributed by atoms with E-state index in [0.29, 0.717) is 6.42 Å². The molecule has 0 fully saturated rings. The van der Waals surface area contributed by atoms with Gasteiger partial charge < -0.3 is 4.74 Å². The van der Waals surface area contributed by atoms with Crippen LogP contribution >= 0.6 is 31.9 Å². The van der Waals surface area contributed by atoms with E-state index in [2.05, 4.69) is 42.7 Å². The van der Waals surface area contributed by atoms with Gasteiger partial charge in [-0.3, -0.25) is 4.79 Å². The summed E-state index contributed by atoms with van der Waals surface area (Å²) in [5.41, 5.74) is 3.28. The van der Waals surface area contributed by atoms with Gasteiger partial charge >= 0.3 is 5.97 Å². The molecule has 0 spiro atoms. The molecule has 0 unspecified atom stereocenters. The fourth-order valence-electron chi connectivity index (χ4n) is 1.36. The third-order valence-electron chi connectivity index (χ3n) is 2.18. The maximum absolute atomic E-state index is 11.2. The molecule has 2 nitrogen and oxygen atoms in total. The molecule has 1 rings (SSSR count). The third-order valence-corrected chi connectivity index (χ3v) is 3.54. The molecule has 0 N–H and O–H groups in total. The summed E-state index contributed by atoms with van der Waals surface area (Å²) >= 11 is 6.87. The number of hydrogen-bond acceptors (Lipinski definition) is 2. The van der Waals surface area contributed by atoms with E-state index in [1.165, 1.54) is 12.7 Å². The summed E-state index contributed by atoms with van der Waals surface area (Å²) in [6, 6.07) is 4.08. The van der Waals surface area contributed by atoms with Crippen molar-refractivity contribution in [2.45, 2.75) is 18.7 Å². The van der Waals surface area contributed by atoms with Gasteiger partial charge in [0.15, 0.2) is 0 Å².